The van der Waals surface area contributed by atoms with Gasteiger partial charge in [-0.3, -0.25) is 13.9 Å². The molecule has 1 aliphatic rings. The molecule has 0 radical (unpaired) electrons. The van der Waals surface area contributed by atoms with Crippen LogP contribution in [0.25, 0.3) is 11.2 Å². The van der Waals surface area contributed by atoms with Crippen LogP contribution in [0.3, 0.4) is 0 Å². The van der Waals surface area contributed by atoms with E-state index in [9.17, 15) is 27.3 Å². The fraction of sp³-hybridized carbons (Fsp3) is 0.462. The summed E-state index contributed by atoms with van der Waals surface area (Å²) < 4.78 is 94.3. The number of anilines is 1. The zero-order valence-corrected chi connectivity index (χ0v) is 33.3. The van der Waals surface area contributed by atoms with E-state index in [-0.39, 0.29) is 47.2 Å². The standard InChI is InChI=1S/C39H46F3N6O9P/c1-6-24(7-2)21-52-36(49)30(18-25-16-26(40)19-27(41)17-25)47-58(51,57-29-14-12-11-13-15-29)53-22-39(10-5)31(55-38(50)54-28(8-3)9-4)20-32(56-39)48-23-44-33-34(43)45-37(42)46-35(33)48/h5,11-17,19,23-24,28,30-32H,6-9,18,20-22H2,1-4H3,(H,47,51)(H2,43,45,46)/t30-,31-,32+,39+,58-/m0/s1. The van der Waals surface area contributed by atoms with Gasteiger partial charge in [-0.1, -0.05) is 64.7 Å². The Morgan fingerprint density at radius 2 is 1.76 bits per heavy atom. The molecule has 1 saturated heterocycles. The topological polar surface area (TPSA) is 188 Å². The summed E-state index contributed by atoms with van der Waals surface area (Å²) in [5.41, 5.74) is 3.84. The number of esters is 1. The molecule has 0 bridgehead atoms. The van der Waals surface area contributed by atoms with Crippen molar-refractivity contribution in [1.29, 1.82) is 0 Å². The van der Waals surface area contributed by atoms with Gasteiger partial charge in [-0.2, -0.15) is 19.4 Å². The number of imidazole rings is 1. The van der Waals surface area contributed by atoms with Crippen LogP contribution >= 0.6 is 7.75 Å². The van der Waals surface area contributed by atoms with Crippen LogP contribution in [-0.4, -0.2) is 68.7 Å². The summed E-state index contributed by atoms with van der Waals surface area (Å²) in [5, 5.41) is 2.61. The number of carbonyl (C=O) groups excluding carboxylic acids is 2. The Morgan fingerprint density at radius 3 is 2.40 bits per heavy atom. The normalized spacial score (nSPS) is 19.4. The minimum atomic E-state index is -4.80. The molecule has 0 aliphatic carbocycles. The summed E-state index contributed by atoms with van der Waals surface area (Å²) in [6, 6.07) is 8.94. The number of aromatic nitrogens is 4. The first-order valence-corrected chi connectivity index (χ1v) is 20.3. The molecule has 3 N–H and O–H groups in total. The van der Waals surface area contributed by atoms with Crippen LogP contribution in [-0.2, 0) is 39.3 Å². The summed E-state index contributed by atoms with van der Waals surface area (Å²) in [6.07, 6.45) is 3.89. The lowest BCUT2D eigenvalue weighted by atomic mass is 9.99. The van der Waals surface area contributed by atoms with Crippen LogP contribution in [0.15, 0.2) is 54.9 Å². The lowest BCUT2D eigenvalue weighted by Gasteiger charge is -2.31. The first-order valence-electron chi connectivity index (χ1n) is 18.8. The molecule has 3 heterocycles. The van der Waals surface area contributed by atoms with Gasteiger partial charge in [0.1, 0.15) is 42.4 Å². The number of benzene rings is 2. The molecule has 1 fully saturated rings. The number of hydrogen-bond donors (Lipinski definition) is 2. The van der Waals surface area contributed by atoms with Gasteiger partial charge in [-0.25, -0.2) is 23.1 Å². The maximum absolute atomic E-state index is 14.9. The zero-order valence-electron chi connectivity index (χ0n) is 32.4. The molecule has 1 aliphatic heterocycles. The highest BCUT2D eigenvalue weighted by atomic mass is 31.2. The molecule has 0 unspecified atom stereocenters. The van der Waals surface area contributed by atoms with E-state index in [0.717, 1.165) is 12.1 Å². The number of terminal acetylenes is 1. The maximum Gasteiger partial charge on any atom is 0.508 e. The third-order valence-electron chi connectivity index (χ3n) is 9.66. The second-order valence-corrected chi connectivity index (χ2v) is 15.3. The Morgan fingerprint density at radius 1 is 1.07 bits per heavy atom. The maximum atomic E-state index is 14.9. The van der Waals surface area contributed by atoms with Crippen molar-refractivity contribution in [2.24, 2.45) is 5.92 Å². The highest BCUT2D eigenvalue weighted by molar-refractivity contribution is 7.52. The van der Waals surface area contributed by atoms with Crippen LogP contribution in [0.5, 0.6) is 5.75 Å². The van der Waals surface area contributed by atoms with Gasteiger partial charge in [0, 0.05) is 12.5 Å². The van der Waals surface area contributed by atoms with Crippen molar-refractivity contribution < 1.29 is 55.3 Å². The van der Waals surface area contributed by atoms with Gasteiger partial charge in [0.15, 0.2) is 28.7 Å². The van der Waals surface area contributed by atoms with Crippen LogP contribution in [0, 0.1) is 36.0 Å². The summed E-state index contributed by atoms with van der Waals surface area (Å²) in [7, 11) is -4.80. The Bertz CT molecular complexity index is 2110. The zero-order chi connectivity index (χ0) is 42.0. The number of rotatable bonds is 19. The van der Waals surface area contributed by atoms with E-state index >= 15 is 0 Å². The van der Waals surface area contributed by atoms with Gasteiger partial charge >= 0.3 is 25.9 Å². The second-order valence-electron chi connectivity index (χ2n) is 13.6. The molecule has 5 atom stereocenters. The lowest BCUT2D eigenvalue weighted by molar-refractivity contribution is -0.147. The van der Waals surface area contributed by atoms with Crippen molar-refractivity contribution in [3.8, 4) is 18.1 Å². The average molecular weight is 831 g/mol. The first kappa shape index (κ1) is 43.9. The van der Waals surface area contributed by atoms with Crippen LogP contribution < -0.4 is 15.3 Å². The van der Waals surface area contributed by atoms with Gasteiger partial charge in [0.25, 0.3) is 0 Å². The van der Waals surface area contributed by atoms with Crippen molar-refractivity contribution in [2.75, 3.05) is 18.9 Å². The lowest BCUT2D eigenvalue weighted by Crippen LogP contribution is -2.46. The minimum absolute atomic E-state index is 0.00311. The van der Waals surface area contributed by atoms with E-state index in [0.29, 0.717) is 31.7 Å². The third-order valence-corrected chi connectivity index (χ3v) is 11.2. The predicted molar refractivity (Wildman–Crippen MR) is 204 cm³/mol. The van der Waals surface area contributed by atoms with E-state index in [4.69, 9.17) is 40.2 Å². The smallest absolute Gasteiger partial charge is 0.464 e. The molecule has 0 saturated carbocycles. The fourth-order valence-electron chi connectivity index (χ4n) is 6.26. The Labute approximate surface area is 333 Å². The second kappa shape index (κ2) is 19.5. The van der Waals surface area contributed by atoms with E-state index in [1.165, 1.54) is 23.0 Å². The monoisotopic (exact) mass is 830 g/mol. The van der Waals surface area contributed by atoms with E-state index < -0.39 is 80.7 Å². The largest absolute Gasteiger partial charge is 0.508 e. The highest BCUT2D eigenvalue weighted by Crippen LogP contribution is 2.49. The number of nitrogen functional groups attached to an aromatic ring is 1. The first-order chi connectivity index (χ1) is 27.7. The molecular weight excluding hydrogens is 784 g/mol. The summed E-state index contributed by atoms with van der Waals surface area (Å²) >= 11 is 0. The molecule has 5 rings (SSSR count). The van der Waals surface area contributed by atoms with Crippen LogP contribution in [0.4, 0.5) is 23.8 Å². The number of fused-ring (bicyclic) bond motifs is 1. The van der Waals surface area contributed by atoms with Crippen molar-refractivity contribution in [2.45, 2.75) is 96.3 Å². The van der Waals surface area contributed by atoms with Gasteiger partial charge in [0.2, 0.25) is 0 Å². The van der Waals surface area contributed by atoms with Crippen molar-refractivity contribution in [3.05, 3.63) is 78.1 Å². The number of nitrogens with zero attached hydrogens (tertiary/aromatic N) is 4. The summed E-state index contributed by atoms with van der Waals surface area (Å²) in [6.45, 7) is 6.70. The Kier molecular flexibility index (Phi) is 14.8. The SMILES string of the molecule is C#C[C@]1(CO[P@@](=O)(N[C@@H](Cc2cc(F)cc(F)c2)C(=O)OCC(CC)CC)Oc2ccccc2)O[C@@H](n2cnc3c(N)nc(F)nc32)C[C@@H]1OC(=O)OC(CC)CC. The molecule has 58 heavy (non-hydrogen) atoms. The number of halogens is 3. The average Bonchev–Trinajstić information content (AvgIpc) is 3.78. The molecule has 0 spiro atoms. The Balaban J connectivity index is 1.51. The van der Waals surface area contributed by atoms with Crippen molar-refractivity contribution in [3.63, 3.8) is 0 Å². The number of carbonyl (C=O) groups is 2. The molecule has 2 aromatic carbocycles. The van der Waals surface area contributed by atoms with E-state index in [1.54, 1.807) is 18.2 Å². The predicted octanol–water partition coefficient (Wildman–Crippen LogP) is 7.21. The highest BCUT2D eigenvalue weighted by Gasteiger charge is 2.54. The van der Waals surface area contributed by atoms with E-state index in [2.05, 4.69) is 26.0 Å². The van der Waals surface area contributed by atoms with Gasteiger partial charge in [-0.15, -0.1) is 6.42 Å². The number of para-hydroxylation sites is 1. The van der Waals surface area contributed by atoms with Gasteiger partial charge in [0.05, 0.1) is 12.9 Å². The minimum Gasteiger partial charge on any atom is -0.464 e. The van der Waals surface area contributed by atoms with Gasteiger partial charge in [-0.05, 0) is 55.0 Å². The number of hydrogen-bond acceptors (Lipinski definition) is 13. The van der Waals surface area contributed by atoms with E-state index in [1.807, 2.05) is 27.7 Å². The van der Waals surface area contributed by atoms with Crippen LogP contribution in [0.2, 0.25) is 0 Å². The van der Waals surface area contributed by atoms with Crippen molar-refractivity contribution in [1.82, 2.24) is 24.6 Å². The summed E-state index contributed by atoms with van der Waals surface area (Å²) in [5.74, 6) is -0.463. The Hall–Kier alpha value is -5.21. The molecular formula is C39H46F3N6O9P. The van der Waals surface area contributed by atoms with Crippen LogP contribution in [0.1, 0.15) is 71.6 Å². The summed E-state index contributed by atoms with van der Waals surface area (Å²) in [4.78, 5) is 38.3. The molecule has 2 aromatic heterocycles. The third kappa shape index (κ3) is 10.8. The van der Waals surface area contributed by atoms with Crippen molar-refractivity contribution >= 4 is 36.9 Å². The fourth-order valence-corrected chi connectivity index (χ4v) is 7.78. The molecule has 0 amide bonds. The van der Waals surface area contributed by atoms with Gasteiger partial charge < -0.3 is 29.2 Å². The molecule has 19 heteroatoms. The molecule has 15 nitrogen and oxygen atoms in total. The quantitative estimate of drug-likeness (QED) is 0.0417. The number of nitrogens with two attached hydrogens (primary N) is 1. The molecule has 4 aromatic rings. The molecule has 312 valence electrons. The number of ether oxygens (including phenoxy) is 4. The number of nitrogens with one attached hydrogen (secondary N) is 1.